The van der Waals surface area contributed by atoms with E-state index in [1.54, 1.807) is 0 Å². The minimum absolute atomic E-state index is 0.0542. The van der Waals surface area contributed by atoms with Crippen LogP contribution in [0.25, 0.3) is 0 Å². The molecule has 1 atom stereocenters. The number of rotatable bonds is 3. The van der Waals surface area contributed by atoms with Gasteiger partial charge in [-0.1, -0.05) is 0 Å². The number of ether oxygens (including phenoxy) is 1. The lowest BCUT2D eigenvalue weighted by Crippen LogP contribution is -2.42. The first kappa shape index (κ1) is 12.6. The molecule has 96 valence electrons. The first-order chi connectivity index (χ1) is 7.89. The summed E-state index contributed by atoms with van der Waals surface area (Å²) in [6.07, 6.45) is 5.14. The third-order valence-corrected chi connectivity index (χ3v) is 3.26. The summed E-state index contributed by atoms with van der Waals surface area (Å²) in [4.78, 5) is 0. The minimum Gasteiger partial charge on any atom is -0.379 e. The number of hydrogen-bond acceptors (Lipinski definition) is 3. The van der Waals surface area contributed by atoms with E-state index in [0.717, 1.165) is 26.2 Å². The fraction of sp³-hybridized carbons (Fsp3) is 0.769. The van der Waals surface area contributed by atoms with Crippen LogP contribution in [-0.4, -0.2) is 28.5 Å². The molecule has 0 bridgehead atoms. The zero-order valence-corrected chi connectivity index (χ0v) is 11.3. The summed E-state index contributed by atoms with van der Waals surface area (Å²) in [5.41, 5.74) is 1.41. The third-order valence-electron chi connectivity index (χ3n) is 3.26. The Morgan fingerprint density at radius 2 is 2.29 bits per heavy atom. The second-order valence-electron chi connectivity index (χ2n) is 6.18. The maximum atomic E-state index is 5.42. The van der Waals surface area contributed by atoms with Crippen LogP contribution in [0.2, 0.25) is 0 Å². The van der Waals surface area contributed by atoms with Crippen LogP contribution in [0.4, 0.5) is 0 Å². The molecule has 0 spiro atoms. The van der Waals surface area contributed by atoms with E-state index in [1.165, 1.54) is 5.56 Å². The maximum absolute atomic E-state index is 5.42. The van der Waals surface area contributed by atoms with Gasteiger partial charge >= 0.3 is 0 Å². The van der Waals surface area contributed by atoms with E-state index in [9.17, 15) is 0 Å². The lowest BCUT2D eigenvalue weighted by Gasteiger charge is -2.23. The predicted octanol–water partition coefficient (Wildman–Crippen LogP) is 1.91. The van der Waals surface area contributed by atoms with E-state index in [1.807, 2.05) is 10.9 Å². The van der Waals surface area contributed by atoms with Crippen molar-refractivity contribution in [1.29, 1.82) is 0 Å². The van der Waals surface area contributed by atoms with E-state index >= 15 is 0 Å². The van der Waals surface area contributed by atoms with E-state index in [0.29, 0.717) is 0 Å². The normalized spacial score (nSPS) is 25.4. The number of nitrogens with zero attached hydrogens (tertiary/aromatic N) is 2. The first-order valence-electron chi connectivity index (χ1n) is 6.26. The highest BCUT2D eigenvalue weighted by atomic mass is 16.5. The van der Waals surface area contributed by atoms with Crippen molar-refractivity contribution >= 4 is 0 Å². The second-order valence-corrected chi connectivity index (χ2v) is 6.18. The fourth-order valence-corrected chi connectivity index (χ4v) is 1.94. The third kappa shape index (κ3) is 3.07. The molecule has 2 heterocycles. The Bertz CT molecular complexity index is 372. The molecule has 1 aromatic rings. The van der Waals surface area contributed by atoms with Gasteiger partial charge in [0.15, 0.2) is 0 Å². The molecular weight excluding hydrogens is 214 g/mol. The average Bonchev–Trinajstić information content (AvgIpc) is 2.83. The molecule has 17 heavy (non-hydrogen) atoms. The predicted molar refractivity (Wildman–Crippen MR) is 67.9 cm³/mol. The standard InChI is InChI=1S/C13H23N3O/c1-12(2,3)16-9-11(8-15-16)7-14-13(4)5-6-17-10-13/h8-9,14H,5-7,10H2,1-4H3. The van der Waals surface area contributed by atoms with Gasteiger partial charge < -0.3 is 10.1 Å². The van der Waals surface area contributed by atoms with Gasteiger partial charge in [0.1, 0.15) is 0 Å². The quantitative estimate of drug-likeness (QED) is 0.873. The van der Waals surface area contributed by atoms with Gasteiger partial charge in [-0.25, -0.2) is 0 Å². The average molecular weight is 237 g/mol. The van der Waals surface area contributed by atoms with Gasteiger partial charge in [-0.05, 0) is 34.1 Å². The zero-order valence-electron chi connectivity index (χ0n) is 11.3. The molecule has 0 radical (unpaired) electrons. The van der Waals surface area contributed by atoms with Gasteiger partial charge in [0.05, 0.1) is 18.3 Å². The van der Waals surface area contributed by atoms with Crippen molar-refractivity contribution in [3.05, 3.63) is 18.0 Å². The topological polar surface area (TPSA) is 39.1 Å². The van der Waals surface area contributed by atoms with Crippen LogP contribution in [0.3, 0.4) is 0 Å². The smallest absolute Gasteiger partial charge is 0.0646 e. The van der Waals surface area contributed by atoms with Crippen molar-refractivity contribution < 1.29 is 4.74 Å². The van der Waals surface area contributed by atoms with Crippen LogP contribution in [-0.2, 0) is 16.8 Å². The highest BCUT2D eigenvalue weighted by Gasteiger charge is 2.28. The Hall–Kier alpha value is -0.870. The second kappa shape index (κ2) is 4.42. The summed E-state index contributed by atoms with van der Waals surface area (Å²) < 4.78 is 7.44. The van der Waals surface area contributed by atoms with Crippen molar-refractivity contribution in [2.75, 3.05) is 13.2 Å². The molecule has 0 aromatic carbocycles. The molecule has 0 amide bonds. The molecular formula is C13H23N3O. The molecule has 1 aliphatic heterocycles. The van der Waals surface area contributed by atoms with E-state index < -0.39 is 0 Å². The summed E-state index contributed by atoms with van der Waals surface area (Å²) in [5.74, 6) is 0. The van der Waals surface area contributed by atoms with E-state index in [2.05, 4.69) is 44.3 Å². The summed E-state index contributed by atoms with van der Waals surface area (Å²) in [5, 5.41) is 7.96. The van der Waals surface area contributed by atoms with Crippen molar-refractivity contribution in [1.82, 2.24) is 15.1 Å². The zero-order chi connectivity index (χ0) is 12.5. The lowest BCUT2D eigenvalue weighted by molar-refractivity contribution is 0.171. The number of aromatic nitrogens is 2. The molecule has 4 heteroatoms. The van der Waals surface area contributed by atoms with Gasteiger partial charge in [0.25, 0.3) is 0 Å². The lowest BCUT2D eigenvalue weighted by atomic mass is 10.0. The fourth-order valence-electron chi connectivity index (χ4n) is 1.94. The summed E-state index contributed by atoms with van der Waals surface area (Å²) in [6, 6.07) is 0. The van der Waals surface area contributed by atoms with Crippen LogP contribution in [0.5, 0.6) is 0 Å². The van der Waals surface area contributed by atoms with Crippen LogP contribution in [0.15, 0.2) is 12.4 Å². The van der Waals surface area contributed by atoms with Crippen LogP contribution in [0, 0.1) is 0 Å². The van der Waals surface area contributed by atoms with Gasteiger partial charge in [-0.2, -0.15) is 5.10 Å². The SMILES string of the molecule is CC1(NCc2cnn(C(C)(C)C)c2)CCOC1. The molecule has 0 saturated carbocycles. The highest BCUT2D eigenvalue weighted by molar-refractivity contribution is 5.06. The number of hydrogen-bond donors (Lipinski definition) is 1. The Morgan fingerprint density at radius 3 is 2.82 bits per heavy atom. The molecule has 1 aliphatic rings. The van der Waals surface area contributed by atoms with Gasteiger partial charge in [-0.3, -0.25) is 4.68 Å². The molecule has 0 aliphatic carbocycles. The Morgan fingerprint density at radius 1 is 1.53 bits per heavy atom. The molecule has 1 aromatic heterocycles. The van der Waals surface area contributed by atoms with E-state index in [-0.39, 0.29) is 11.1 Å². The molecule has 1 saturated heterocycles. The highest BCUT2D eigenvalue weighted by Crippen LogP contribution is 2.19. The van der Waals surface area contributed by atoms with Crippen LogP contribution in [0.1, 0.15) is 39.7 Å². The van der Waals surface area contributed by atoms with Crippen molar-refractivity contribution in [2.24, 2.45) is 0 Å². The van der Waals surface area contributed by atoms with Crippen molar-refractivity contribution in [3.63, 3.8) is 0 Å². The molecule has 2 rings (SSSR count). The Kier molecular flexibility index (Phi) is 3.27. The van der Waals surface area contributed by atoms with Gasteiger partial charge in [-0.15, -0.1) is 0 Å². The van der Waals surface area contributed by atoms with Crippen LogP contribution >= 0.6 is 0 Å². The molecule has 4 nitrogen and oxygen atoms in total. The molecule has 1 unspecified atom stereocenters. The molecule has 1 N–H and O–H groups in total. The number of nitrogens with one attached hydrogen (secondary N) is 1. The monoisotopic (exact) mass is 237 g/mol. The Balaban J connectivity index is 1.93. The summed E-state index contributed by atoms with van der Waals surface area (Å²) in [7, 11) is 0. The largest absolute Gasteiger partial charge is 0.379 e. The van der Waals surface area contributed by atoms with Crippen LogP contribution < -0.4 is 5.32 Å². The van der Waals surface area contributed by atoms with Crippen molar-refractivity contribution in [3.8, 4) is 0 Å². The summed E-state index contributed by atoms with van der Waals surface area (Å²) >= 11 is 0. The minimum atomic E-state index is 0.0542. The Labute approximate surface area is 103 Å². The van der Waals surface area contributed by atoms with E-state index in [4.69, 9.17) is 4.74 Å². The summed E-state index contributed by atoms with van der Waals surface area (Å²) in [6.45, 7) is 11.2. The van der Waals surface area contributed by atoms with Crippen molar-refractivity contribution in [2.45, 2.75) is 51.7 Å². The maximum Gasteiger partial charge on any atom is 0.0646 e. The molecule has 1 fully saturated rings. The van der Waals surface area contributed by atoms with Gasteiger partial charge in [0.2, 0.25) is 0 Å². The first-order valence-corrected chi connectivity index (χ1v) is 6.26. The van der Waals surface area contributed by atoms with Gasteiger partial charge in [0, 0.05) is 30.5 Å².